The van der Waals surface area contributed by atoms with Gasteiger partial charge < -0.3 is 5.32 Å². The normalized spacial score (nSPS) is 17.6. The number of sulfonamides is 1. The summed E-state index contributed by atoms with van der Waals surface area (Å²) >= 11 is 0. The average molecular weight is 262 g/mol. The largest absolute Gasteiger partial charge is 0.355 e. The summed E-state index contributed by atoms with van der Waals surface area (Å²) in [4.78, 5) is 11.2. The molecule has 0 aliphatic heterocycles. The van der Waals surface area contributed by atoms with Crippen molar-refractivity contribution in [1.82, 2.24) is 10.0 Å². The first-order valence-electron chi connectivity index (χ1n) is 6.18. The minimum atomic E-state index is -3.25. The fraction of sp³-hybridized carbons (Fsp3) is 0.909. The summed E-state index contributed by atoms with van der Waals surface area (Å²) in [6.07, 6.45) is 4.05. The van der Waals surface area contributed by atoms with Gasteiger partial charge in [0.15, 0.2) is 0 Å². The second-order valence-electron chi connectivity index (χ2n) is 4.86. The van der Waals surface area contributed by atoms with Gasteiger partial charge in [0.1, 0.15) is 0 Å². The maximum Gasteiger partial charge on any atom is 0.222 e. The monoisotopic (exact) mass is 262 g/mol. The minimum Gasteiger partial charge on any atom is -0.355 e. The van der Waals surface area contributed by atoms with E-state index in [-0.39, 0.29) is 30.2 Å². The highest BCUT2D eigenvalue weighted by molar-refractivity contribution is 7.89. The Labute approximate surface area is 103 Å². The standard InChI is InChI=1S/C11H22N2O3S/c1-9(2)11(14)12-7-8-17(15,16)13-10-5-3-4-6-10/h9-10,13H,3-8H2,1-2H3,(H,12,14). The molecule has 6 heteroatoms. The number of carbonyl (C=O) groups excluding carboxylic acids is 1. The van der Waals surface area contributed by atoms with Gasteiger partial charge in [0.25, 0.3) is 0 Å². The van der Waals surface area contributed by atoms with Crippen LogP contribution >= 0.6 is 0 Å². The van der Waals surface area contributed by atoms with Crippen LogP contribution in [0.3, 0.4) is 0 Å². The van der Waals surface area contributed by atoms with Crippen LogP contribution in [0.25, 0.3) is 0 Å². The first-order chi connectivity index (χ1) is 7.91. The SMILES string of the molecule is CC(C)C(=O)NCCS(=O)(=O)NC1CCCC1. The summed E-state index contributed by atoms with van der Waals surface area (Å²) in [5.41, 5.74) is 0. The smallest absolute Gasteiger partial charge is 0.222 e. The Morgan fingerprint density at radius 3 is 2.41 bits per heavy atom. The fourth-order valence-electron chi connectivity index (χ4n) is 1.87. The lowest BCUT2D eigenvalue weighted by Gasteiger charge is -2.13. The number of hydrogen-bond acceptors (Lipinski definition) is 3. The van der Waals surface area contributed by atoms with E-state index in [0.717, 1.165) is 25.7 Å². The zero-order valence-electron chi connectivity index (χ0n) is 10.5. The van der Waals surface area contributed by atoms with Crippen molar-refractivity contribution < 1.29 is 13.2 Å². The molecule has 0 aromatic rings. The Bertz CT molecular complexity index is 346. The van der Waals surface area contributed by atoms with Gasteiger partial charge in [0.2, 0.25) is 15.9 Å². The van der Waals surface area contributed by atoms with Crippen LogP contribution in [0.4, 0.5) is 0 Å². The van der Waals surface area contributed by atoms with Crippen molar-refractivity contribution in [3.8, 4) is 0 Å². The number of hydrogen-bond donors (Lipinski definition) is 2. The molecule has 1 amide bonds. The van der Waals surface area contributed by atoms with Gasteiger partial charge in [-0.25, -0.2) is 13.1 Å². The molecule has 0 saturated heterocycles. The van der Waals surface area contributed by atoms with Gasteiger partial charge in [-0.3, -0.25) is 4.79 Å². The molecule has 0 bridgehead atoms. The van der Waals surface area contributed by atoms with Crippen LogP contribution in [-0.2, 0) is 14.8 Å². The number of amides is 1. The highest BCUT2D eigenvalue weighted by atomic mass is 32.2. The summed E-state index contributed by atoms with van der Waals surface area (Å²) in [6, 6.07) is 0.0980. The Kier molecular flexibility index (Phi) is 5.39. The summed E-state index contributed by atoms with van der Waals surface area (Å²) in [7, 11) is -3.25. The number of rotatable bonds is 6. The van der Waals surface area contributed by atoms with Crippen LogP contribution in [0.1, 0.15) is 39.5 Å². The van der Waals surface area contributed by atoms with E-state index >= 15 is 0 Å². The van der Waals surface area contributed by atoms with Gasteiger partial charge in [0, 0.05) is 18.5 Å². The number of nitrogens with one attached hydrogen (secondary N) is 2. The first kappa shape index (κ1) is 14.4. The van der Waals surface area contributed by atoms with Gasteiger partial charge in [0.05, 0.1) is 5.75 Å². The van der Waals surface area contributed by atoms with Crippen LogP contribution in [0, 0.1) is 5.92 Å². The molecule has 17 heavy (non-hydrogen) atoms. The molecule has 100 valence electrons. The molecule has 1 aliphatic rings. The first-order valence-corrected chi connectivity index (χ1v) is 7.83. The predicted octanol–water partition coefficient (Wildman–Crippen LogP) is 0.621. The van der Waals surface area contributed by atoms with Crippen molar-refractivity contribution in [2.45, 2.75) is 45.6 Å². The van der Waals surface area contributed by atoms with Crippen LogP contribution in [0.5, 0.6) is 0 Å². The molecular weight excluding hydrogens is 240 g/mol. The van der Waals surface area contributed by atoms with Gasteiger partial charge in [-0.2, -0.15) is 0 Å². The van der Waals surface area contributed by atoms with Gasteiger partial charge in [-0.15, -0.1) is 0 Å². The predicted molar refractivity (Wildman–Crippen MR) is 67.0 cm³/mol. The van der Waals surface area contributed by atoms with Gasteiger partial charge in [-0.1, -0.05) is 26.7 Å². The van der Waals surface area contributed by atoms with Crippen LogP contribution in [-0.4, -0.2) is 32.7 Å². The Morgan fingerprint density at radius 2 is 1.88 bits per heavy atom. The third kappa shape index (κ3) is 5.50. The van der Waals surface area contributed by atoms with E-state index < -0.39 is 10.0 Å². The molecule has 1 fully saturated rings. The van der Waals surface area contributed by atoms with Crippen LogP contribution in [0.15, 0.2) is 0 Å². The molecule has 0 radical (unpaired) electrons. The summed E-state index contributed by atoms with van der Waals surface area (Å²) in [5.74, 6) is -0.260. The van der Waals surface area contributed by atoms with E-state index in [2.05, 4.69) is 10.0 Å². The van der Waals surface area contributed by atoms with Crippen molar-refractivity contribution in [3.63, 3.8) is 0 Å². The highest BCUT2D eigenvalue weighted by Gasteiger charge is 2.21. The van der Waals surface area contributed by atoms with E-state index in [1.165, 1.54) is 0 Å². The molecular formula is C11H22N2O3S. The van der Waals surface area contributed by atoms with Crippen LogP contribution in [0.2, 0.25) is 0 Å². The third-order valence-electron chi connectivity index (χ3n) is 2.90. The quantitative estimate of drug-likeness (QED) is 0.737. The second kappa shape index (κ2) is 6.35. The van der Waals surface area contributed by atoms with E-state index in [0.29, 0.717) is 0 Å². The van der Waals surface area contributed by atoms with E-state index in [4.69, 9.17) is 0 Å². The summed E-state index contributed by atoms with van der Waals surface area (Å²) < 4.78 is 26.0. The van der Waals surface area contributed by atoms with Crippen LogP contribution < -0.4 is 10.0 Å². The highest BCUT2D eigenvalue weighted by Crippen LogP contribution is 2.18. The van der Waals surface area contributed by atoms with E-state index in [9.17, 15) is 13.2 Å². The molecule has 5 nitrogen and oxygen atoms in total. The molecule has 0 aromatic heterocycles. The Morgan fingerprint density at radius 1 is 1.29 bits per heavy atom. The molecule has 1 aliphatic carbocycles. The molecule has 0 aromatic carbocycles. The molecule has 1 rings (SSSR count). The zero-order valence-corrected chi connectivity index (χ0v) is 11.3. The van der Waals surface area contributed by atoms with Crippen molar-refractivity contribution >= 4 is 15.9 Å². The van der Waals surface area contributed by atoms with Gasteiger partial charge in [-0.05, 0) is 12.8 Å². The lowest BCUT2D eigenvalue weighted by atomic mass is 10.2. The molecule has 0 unspecified atom stereocenters. The molecule has 2 N–H and O–H groups in total. The van der Waals surface area contributed by atoms with E-state index in [1.54, 1.807) is 13.8 Å². The maximum atomic E-state index is 11.7. The molecule has 1 saturated carbocycles. The zero-order chi connectivity index (χ0) is 12.9. The summed E-state index contributed by atoms with van der Waals surface area (Å²) in [6.45, 7) is 3.74. The molecule has 0 heterocycles. The van der Waals surface area contributed by atoms with Crippen molar-refractivity contribution in [2.24, 2.45) is 5.92 Å². The fourth-order valence-corrected chi connectivity index (χ4v) is 3.10. The van der Waals surface area contributed by atoms with Crippen molar-refractivity contribution in [1.29, 1.82) is 0 Å². The number of carbonyl (C=O) groups is 1. The average Bonchev–Trinajstić information content (AvgIpc) is 2.68. The maximum absolute atomic E-state index is 11.7. The van der Waals surface area contributed by atoms with E-state index in [1.807, 2.05) is 0 Å². The topological polar surface area (TPSA) is 75.3 Å². The van der Waals surface area contributed by atoms with Crippen molar-refractivity contribution in [3.05, 3.63) is 0 Å². The second-order valence-corrected chi connectivity index (χ2v) is 6.74. The summed E-state index contributed by atoms with van der Waals surface area (Å²) in [5, 5.41) is 2.61. The van der Waals surface area contributed by atoms with Gasteiger partial charge >= 0.3 is 0 Å². The van der Waals surface area contributed by atoms with Crippen molar-refractivity contribution in [2.75, 3.05) is 12.3 Å². The molecule has 0 spiro atoms. The molecule has 0 atom stereocenters. The third-order valence-corrected chi connectivity index (χ3v) is 4.33. The lowest BCUT2D eigenvalue weighted by Crippen LogP contribution is -2.39. The lowest BCUT2D eigenvalue weighted by molar-refractivity contribution is -0.123. The Hall–Kier alpha value is -0.620. The Balaban J connectivity index is 2.27. The minimum absolute atomic E-state index is 0.0397.